The molecule has 140 valence electrons. The average molecular weight is 366 g/mol. The number of aromatic nitrogens is 2. The van der Waals surface area contributed by atoms with Gasteiger partial charge in [0.05, 0.1) is 5.56 Å². The predicted molar refractivity (Wildman–Crippen MR) is 104 cm³/mol. The SMILES string of the molecule is Cc1ccccc1-c1c(O)c(Cc2cccc(F)c2)nn(CC(C)C)c1=O. The van der Waals surface area contributed by atoms with Gasteiger partial charge in [-0.3, -0.25) is 4.79 Å². The minimum atomic E-state index is -0.346. The van der Waals surface area contributed by atoms with Gasteiger partial charge in [-0.1, -0.05) is 50.2 Å². The average Bonchev–Trinajstić information content (AvgIpc) is 2.60. The highest BCUT2D eigenvalue weighted by molar-refractivity contribution is 5.72. The van der Waals surface area contributed by atoms with Crippen LogP contribution in [0.15, 0.2) is 53.3 Å². The number of benzene rings is 2. The summed E-state index contributed by atoms with van der Waals surface area (Å²) in [6, 6.07) is 13.6. The molecule has 2 aromatic carbocycles. The maximum Gasteiger partial charge on any atom is 0.278 e. The van der Waals surface area contributed by atoms with Crippen LogP contribution in [0.3, 0.4) is 0 Å². The molecule has 27 heavy (non-hydrogen) atoms. The van der Waals surface area contributed by atoms with Gasteiger partial charge in [0.15, 0.2) is 5.75 Å². The first-order valence-electron chi connectivity index (χ1n) is 9.00. The zero-order valence-corrected chi connectivity index (χ0v) is 15.7. The van der Waals surface area contributed by atoms with Crippen molar-refractivity contribution in [2.45, 2.75) is 33.7 Å². The molecule has 1 aromatic heterocycles. The zero-order valence-electron chi connectivity index (χ0n) is 15.7. The fraction of sp³-hybridized carbons (Fsp3) is 0.273. The largest absolute Gasteiger partial charge is 0.505 e. The van der Waals surface area contributed by atoms with Gasteiger partial charge >= 0.3 is 0 Å². The lowest BCUT2D eigenvalue weighted by atomic mass is 9.99. The molecule has 3 aromatic rings. The van der Waals surface area contributed by atoms with Crippen molar-refractivity contribution in [1.29, 1.82) is 0 Å². The van der Waals surface area contributed by atoms with E-state index >= 15 is 0 Å². The fourth-order valence-electron chi connectivity index (χ4n) is 3.14. The van der Waals surface area contributed by atoms with E-state index in [1.54, 1.807) is 12.1 Å². The van der Waals surface area contributed by atoms with Gasteiger partial charge in [-0.05, 0) is 41.7 Å². The van der Waals surface area contributed by atoms with E-state index in [9.17, 15) is 14.3 Å². The maximum absolute atomic E-state index is 13.5. The zero-order chi connectivity index (χ0) is 19.6. The second-order valence-electron chi connectivity index (χ2n) is 7.17. The highest BCUT2D eigenvalue weighted by Gasteiger charge is 2.20. The van der Waals surface area contributed by atoms with Crippen LogP contribution in [0.5, 0.6) is 5.75 Å². The van der Waals surface area contributed by atoms with E-state index in [2.05, 4.69) is 5.10 Å². The third kappa shape index (κ3) is 4.08. The van der Waals surface area contributed by atoms with Crippen LogP contribution in [0.1, 0.15) is 30.7 Å². The first-order chi connectivity index (χ1) is 12.9. The van der Waals surface area contributed by atoms with E-state index in [0.29, 0.717) is 23.4 Å². The molecule has 1 N–H and O–H groups in total. The minimum Gasteiger partial charge on any atom is -0.505 e. The highest BCUT2D eigenvalue weighted by atomic mass is 19.1. The third-order valence-corrected chi connectivity index (χ3v) is 4.41. The van der Waals surface area contributed by atoms with E-state index in [0.717, 1.165) is 5.56 Å². The Morgan fingerprint density at radius 2 is 1.89 bits per heavy atom. The quantitative estimate of drug-likeness (QED) is 0.732. The highest BCUT2D eigenvalue weighted by Crippen LogP contribution is 2.31. The van der Waals surface area contributed by atoms with Crippen LogP contribution in [0.25, 0.3) is 11.1 Å². The topological polar surface area (TPSA) is 55.1 Å². The number of aromatic hydroxyl groups is 1. The Hall–Kier alpha value is -2.95. The van der Waals surface area contributed by atoms with Crippen LogP contribution in [0.4, 0.5) is 4.39 Å². The van der Waals surface area contributed by atoms with Crippen LogP contribution in [-0.4, -0.2) is 14.9 Å². The summed E-state index contributed by atoms with van der Waals surface area (Å²) >= 11 is 0. The summed E-state index contributed by atoms with van der Waals surface area (Å²) in [6.45, 7) is 6.34. The van der Waals surface area contributed by atoms with Crippen LogP contribution in [0, 0.1) is 18.7 Å². The van der Waals surface area contributed by atoms with Gasteiger partial charge in [-0.15, -0.1) is 0 Å². The molecule has 0 radical (unpaired) electrons. The molecule has 3 rings (SSSR count). The van der Waals surface area contributed by atoms with Crippen molar-refractivity contribution < 1.29 is 9.50 Å². The summed E-state index contributed by atoms with van der Waals surface area (Å²) in [6.07, 6.45) is 0.237. The lowest BCUT2D eigenvalue weighted by Crippen LogP contribution is -2.28. The Balaban J connectivity index is 2.20. The molecule has 0 saturated heterocycles. The summed E-state index contributed by atoms with van der Waals surface area (Å²) in [4.78, 5) is 13.0. The van der Waals surface area contributed by atoms with Gasteiger partial charge in [-0.25, -0.2) is 9.07 Å². The molecule has 0 atom stereocenters. The normalized spacial score (nSPS) is 11.1. The van der Waals surface area contributed by atoms with Gasteiger partial charge in [0, 0.05) is 13.0 Å². The van der Waals surface area contributed by atoms with Crippen molar-refractivity contribution in [3.05, 3.63) is 81.5 Å². The summed E-state index contributed by atoms with van der Waals surface area (Å²) in [5.41, 5.74) is 2.54. The Morgan fingerprint density at radius 3 is 2.56 bits per heavy atom. The molecular weight excluding hydrogens is 343 g/mol. The number of halogens is 1. The lowest BCUT2D eigenvalue weighted by molar-refractivity contribution is 0.428. The smallest absolute Gasteiger partial charge is 0.278 e. The molecule has 0 aliphatic rings. The molecular formula is C22H23FN2O2. The molecule has 0 unspecified atom stereocenters. The van der Waals surface area contributed by atoms with Crippen LogP contribution in [-0.2, 0) is 13.0 Å². The van der Waals surface area contributed by atoms with E-state index in [4.69, 9.17) is 0 Å². The van der Waals surface area contributed by atoms with Crippen molar-refractivity contribution in [3.8, 4) is 16.9 Å². The van der Waals surface area contributed by atoms with Crippen LogP contribution in [0.2, 0.25) is 0 Å². The number of rotatable bonds is 5. The number of hydrogen-bond donors (Lipinski definition) is 1. The number of hydrogen-bond acceptors (Lipinski definition) is 3. The molecule has 0 bridgehead atoms. The molecule has 0 spiro atoms. The first kappa shape index (κ1) is 18.8. The van der Waals surface area contributed by atoms with E-state index < -0.39 is 0 Å². The summed E-state index contributed by atoms with van der Waals surface area (Å²) < 4.78 is 14.9. The fourth-order valence-corrected chi connectivity index (χ4v) is 3.14. The summed E-state index contributed by atoms with van der Waals surface area (Å²) in [5.74, 6) is -0.272. The van der Waals surface area contributed by atoms with Gasteiger partial charge in [0.1, 0.15) is 11.5 Å². The molecule has 5 heteroatoms. The Bertz CT molecular complexity index is 1030. The molecule has 0 aliphatic carbocycles. The molecule has 1 heterocycles. The summed E-state index contributed by atoms with van der Waals surface area (Å²) in [7, 11) is 0. The second-order valence-corrected chi connectivity index (χ2v) is 7.17. The van der Waals surface area contributed by atoms with Gasteiger partial charge in [-0.2, -0.15) is 5.10 Å². The van der Waals surface area contributed by atoms with E-state index in [1.165, 1.54) is 16.8 Å². The molecule has 0 amide bonds. The Kier molecular flexibility index (Phi) is 5.40. The van der Waals surface area contributed by atoms with Gasteiger partial charge in [0.25, 0.3) is 5.56 Å². The molecule has 4 nitrogen and oxygen atoms in total. The van der Waals surface area contributed by atoms with Crippen LogP contribution >= 0.6 is 0 Å². The third-order valence-electron chi connectivity index (χ3n) is 4.41. The lowest BCUT2D eigenvalue weighted by Gasteiger charge is -2.16. The maximum atomic E-state index is 13.5. The van der Waals surface area contributed by atoms with Crippen molar-refractivity contribution >= 4 is 0 Å². The number of aryl methyl sites for hydroxylation is 1. The molecule has 0 saturated carbocycles. The summed E-state index contributed by atoms with van der Waals surface area (Å²) in [5, 5.41) is 15.3. The Labute approximate surface area is 157 Å². The predicted octanol–water partition coefficient (Wildman–Crippen LogP) is 4.31. The van der Waals surface area contributed by atoms with E-state index in [1.807, 2.05) is 45.0 Å². The standard InChI is InChI=1S/C22H23FN2O2/c1-14(2)13-25-22(27)20(18-10-5-4-7-15(18)3)21(26)19(24-25)12-16-8-6-9-17(23)11-16/h4-11,14,26H,12-13H2,1-3H3. The second kappa shape index (κ2) is 7.74. The molecule has 0 fully saturated rings. The monoisotopic (exact) mass is 366 g/mol. The minimum absolute atomic E-state index is 0.140. The van der Waals surface area contributed by atoms with Crippen molar-refractivity contribution in [2.24, 2.45) is 5.92 Å². The van der Waals surface area contributed by atoms with E-state index in [-0.39, 0.29) is 35.0 Å². The van der Waals surface area contributed by atoms with Gasteiger partial charge in [0.2, 0.25) is 0 Å². The van der Waals surface area contributed by atoms with Gasteiger partial charge < -0.3 is 5.11 Å². The molecule has 0 aliphatic heterocycles. The van der Waals surface area contributed by atoms with Crippen molar-refractivity contribution in [1.82, 2.24) is 9.78 Å². The van der Waals surface area contributed by atoms with Crippen molar-refractivity contribution in [3.63, 3.8) is 0 Å². The number of nitrogens with zero attached hydrogens (tertiary/aromatic N) is 2. The Morgan fingerprint density at radius 1 is 1.15 bits per heavy atom. The first-order valence-corrected chi connectivity index (χ1v) is 9.00. The van der Waals surface area contributed by atoms with Crippen molar-refractivity contribution in [2.75, 3.05) is 0 Å². The van der Waals surface area contributed by atoms with Crippen LogP contribution < -0.4 is 5.56 Å².